The molecule has 5 rings (SSSR count). The molecular weight excluding hydrogens is 412 g/mol. The Kier molecular flexibility index (Phi) is 5.06. The molecule has 1 aliphatic heterocycles. The fraction of sp³-hybridized carbons (Fsp3) is 0.174. The van der Waals surface area contributed by atoms with E-state index in [-0.39, 0.29) is 11.9 Å². The zero-order valence-electron chi connectivity index (χ0n) is 16.4. The Bertz CT molecular complexity index is 1180. The Morgan fingerprint density at radius 3 is 2.43 bits per heavy atom. The molecule has 0 N–H and O–H groups in total. The third kappa shape index (κ3) is 3.40. The van der Waals surface area contributed by atoms with Crippen molar-refractivity contribution < 1.29 is 4.79 Å². The van der Waals surface area contributed by atoms with E-state index in [2.05, 4.69) is 23.7 Å². The van der Waals surface area contributed by atoms with Crippen molar-refractivity contribution >= 4 is 34.3 Å². The number of nitrogens with zero attached hydrogens (tertiary/aromatic N) is 4. The fourth-order valence-corrected chi connectivity index (χ4v) is 5.14. The maximum absolute atomic E-state index is 12.8. The smallest absolute Gasteiger partial charge is 0.242 e. The van der Waals surface area contributed by atoms with E-state index in [1.54, 1.807) is 27.7 Å². The van der Waals surface area contributed by atoms with Gasteiger partial charge in [0.25, 0.3) is 0 Å². The molecule has 4 aromatic rings. The first-order valence-electron chi connectivity index (χ1n) is 9.87. The van der Waals surface area contributed by atoms with Gasteiger partial charge in [-0.1, -0.05) is 37.3 Å². The van der Waals surface area contributed by atoms with Crippen molar-refractivity contribution in [1.82, 2.24) is 14.8 Å². The normalized spacial score (nSPS) is 16.1. The van der Waals surface area contributed by atoms with Gasteiger partial charge < -0.3 is 0 Å². The van der Waals surface area contributed by atoms with Crippen LogP contribution in [0, 0.1) is 0 Å². The first kappa shape index (κ1) is 19.0. The van der Waals surface area contributed by atoms with Crippen LogP contribution in [0.3, 0.4) is 0 Å². The molecule has 1 aromatic carbocycles. The molecule has 0 fully saturated rings. The highest BCUT2D eigenvalue weighted by Gasteiger charge is 2.35. The Morgan fingerprint density at radius 2 is 1.77 bits per heavy atom. The van der Waals surface area contributed by atoms with Crippen LogP contribution in [0.5, 0.6) is 0 Å². The van der Waals surface area contributed by atoms with Crippen molar-refractivity contribution in [2.24, 2.45) is 5.10 Å². The summed E-state index contributed by atoms with van der Waals surface area (Å²) in [6, 6.07) is 18.1. The number of aromatic nitrogens is 2. The van der Waals surface area contributed by atoms with E-state index in [4.69, 9.17) is 10.2 Å². The molecule has 150 valence electrons. The minimum Gasteiger partial charge on any atom is -0.273 e. The number of benzene rings is 1. The van der Waals surface area contributed by atoms with Crippen LogP contribution in [0.4, 0.5) is 0 Å². The summed E-state index contributed by atoms with van der Waals surface area (Å²) in [5.74, 6) is 0.0242. The highest BCUT2D eigenvalue weighted by molar-refractivity contribution is 7.13. The number of carbonyl (C=O) groups excluding carboxylic acids is 1. The van der Waals surface area contributed by atoms with E-state index in [1.807, 2.05) is 59.5 Å². The molecular formula is C23H20N4OS2. The highest BCUT2D eigenvalue weighted by Crippen LogP contribution is 2.40. The summed E-state index contributed by atoms with van der Waals surface area (Å²) >= 11 is 3.31. The average molecular weight is 433 g/mol. The van der Waals surface area contributed by atoms with Crippen LogP contribution < -0.4 is 0 Å². The lowest BCUT2D eigenvalue weighted by atomic mass is 10.0. The number of rotatable bonds is 5. The van der Waals surface area contributed by atoms with E-state index in [0.717, 1.165) is 32.4 Å². The molecule has 0 radical (unpaired) electrons. The summed E-state index contributed by atoms with van der Waals surface area (Å²) in [6.07, 6.45) is 3.15. The van der Waals surface area contributed by atoms with Gasteiger partial charge >= 0.3 is 0 Å². The molecule has 1 amide bonds. The molecule has 7 heteroatoms. The Morgan fingerprint density at radius 1 is 1.03 bits per heavy atom. The molecule has 0 saturated heterocycles. The Hall–Kier alpha value is -3.03. The van der Waals surface area contributed by atoms with E-state index in [0.29, 0.717) is 12.8 Å². The zero-order valence-corrected chi connectivity index (χ0v) is 18.1. The molecule has 4 heterocycles. The second kappa shape index (κ2) is 8.01. The van der Waals surface area contributed by atoms with Gasteiger partial charge in [0.15, 0.2) is 0 Å². The number of hydrazone groups is 1. The fourth-order valence-electron chi connectivity index (χ4n) is 3.69. The van der Waals surface area contributed by atoms with Gasteiger partial charge in [0.05, 0.1) is 27.2 Å². The van der Waals surface area contributed by atoms with Crippen LogP contribution in [-0.2, 0) is 4.79 Å². The third-order valence-corrected chi connectivity index (χ3v) is 6.95. The van der Waals surface area contributed by atoms with Gasteiger partial charge in [0.1, 0.15) is 5.69 Å². The molecule has 0 saturated carbocycles. The Balaban J connectivity index is 1.61. The minimum atomic E-state index is -0.163. The van der Waals surface area contributed by atoms with Gasteiger partial charge in [-0.2, -0.15) is 10.2 Å². The molecule has 5 nitrogen and oxygen atoms in total. The predicted octanol–water partition coefficient (Wildman–Crippen LogP) is 5.75. The molecule has 1 aliphatic rings. The molecule has 1 atom stereocenters. The van der Waals surface area contributed by atoms with Crippen LogP contribution in [0.25, 0.3) is 16.3 Å². The largest absolute Gasteiger partial charge is 0.273 e. The lowest BCUT2D eigenvalue weighted by molar-refractivity contribution is -0.132. The van der Waals surface area contributed by atoms with Gasteiger partial charge in [0, 0.05) is 24.6 Å². The van der Waals surface area contributed by atoms with E-state index < -0.39 is 0 Å². The third-order valence-electron chi connectivity index (χ3n) is 5.15. The van der Waals surface area contributed by atoms with E-state index in [9.17, 15) is 4.79 Å². The summed E-state index contributed by atoms with van der Waals surface area (Å²) in [5.41, 5.74) is 3.89. The molecule has 0 bridgehead atoms. The topological polar surface area (TPSA) is 50.5 Å². The van der Waals surface area contributed by atoms with Crippen LogP contribution in [-0.4, -0.2) is 26.4 Å². The van der Waals surface area contributed by atoms with Gasteiger partial charge in [-0.3, -0.25) is 4.79 Å². The van der Waals surface area contributed by atoms with Crippen molar-refractivity contribution in [2.75, 3.05) is 0 Å². The zero-order chi connectivity index (χ0) is 20.5. The van der Waals surface area contributed by atoms with Crippen LogP contribution in [0.1, 0.15) is 36.2 Å². The Labute approximate surface area is 182 Å². The maximum Gasteiger partial charge on any atom is 0.242 e. The number of amides is 1. The van der Waals surface area contributed by atoms with Crippen molar-refractivity contribution in [2.45, 2.75) is 25.8 Å². The summed E-state index contributed by atoms with van der Waals surface area (Å²) in [4.78, 5) is 15.0. The van der Waals surface area contributed by atoms with Gasteiger partial charge in [-0.15, -0.1) is 22.7 Å². The summed E-state index contributed by atoms with van der Waals surface area (Å²) in [6.45, 7) is 1.88. The van der Waals surface area contributed by atoms with Gasteiger partial charge in [-0.25, -0.2) is 9.69 Å². The molecule has 30 heavy (non-hydrogen) atoms. The van der Waals surface area contributed by atoms with Crippen molar-refractivity contribution in [1.29, 1.82) is 0 Å². The van der Waals surface area contributed by atoms with Crippen LogP contribution in [0.2, 0.25) is 0 Å². The second-order valence-electron chi connectivity index (χ2n) is 7.03. The summed E-state index contributed by atoms with van der Waals surface area (Å²) in [7, 11) is 0. The standard InChI is InChI=1S/C23H20N4OS2/c1-2-22(28)27-19(14-18(24-27)20-10-6-12-29-20)17-15-26(16-8-4-3-5-9-16)25-23(17)21-11-7-13-30-21/h3-13,15,19H,2,14H2,1H3/t19-/m0/s1. The SMILES string of the molecule is CCC(=O)N1N=C(c2cccs2)C[C@H]1c1cn(-c2ccccc2)nc1-c1cccs1. The molecule has 0 spiro atoms. The van der Waals surface area contributed by atoms with Crippen molar-refractivity contribution in [3.05, 3.63) is 82.0 Å². The summed E-state index contributed by atoms with van der Waals surface area (Å²) < 4.78 is 1.90. The van der Waals surface area contributed by atoms with Gasteiger partial charge in [-0.05, 0) is 35.0 Å². The second-order valence-corrected chi connectivity index (χ2v) is 8.92. The first-order valence-corrected chi connectivity index (χ1v) is 11.6. The highest BCUT2D eigenvalue weighted by atomic mass is 32.1. The summed E-state index contributed by atoms with van der Waals surface area (Å²) in [5, 5.41) is 15.4. The van der Waals surface area contributed by atoms with E-state index >= 15 is 0 Å². The predicted molar refractivity (Wildman–Crippen MR) is 122 cm³/mol. The number of para-hydroxylation sites is 1. The molecule has 0 aliphatic carbocycles. The quantitative estimate of drug-likeness (QED) is 0.403. The number of thiophene rings is 2. The van der Waals surface area contributed by atoms with Gasteiger partial charge in [0.2, 0.25) is 5.91 Å². The first-order chi connectivity index (χ1) is 14.7. The lowest BCUT2D eigenvalue weighted by Crippen LogP contribution is -2.26. The van der Waals surface area contributed by atoms with Crippen molar-refractivity contribution in [3.8, 4) is 16.3 Å². The lowest BCUT2D eigenvalue weighted by Gasteiger charge is -2.21. The maximum atomic E-state index is 12.8. The molecule has 0 unspecified atom stereocenters. The van der Waals surface area contributed by atoms with E-state index in [1.165, 1.54) is 0 Å². The van der Waals surface area contributed by atoms with Crippen LogP contribution >= 0.6 is 22.7 Å². The number of carbonyl (C=O) groups is 1. The molecule has 3 aromatic heterocycles. The number of hydrogen-bond donors (Lipinski definition) is 0. The van der Waals surface area contributed by atoms with Crippen molar-refractivity contribution in [3.63, 3.8) is 0 Å². The number of hydrogen-bond acceptors (Lipinski definition) is 5. The van der Waals surface area contributed by atoms with Crippen LogP contribution in [0.15, 0.2) is 76.7 Å². The average Bonchev–Trinajstić information content (AvgIpc) is 3.57. The minimum absolute atomic E-state index is 0.0242. The monoisotopic (exact) mass is 432 g/mol.